The Bertz CT molecular complexity index is 1330. The number of amides is 2. The zero-order valence-corrected chi connectivity index (χ0v) is 23.8. The van der Waals surface area contributed by atoms with Gasteiger partial charge in [-0.05, 0) is 77.2 Å². The molecule has 2 saturated heterocycles. The molecule has 3 heterocycles. The third kappa shape index (κ3) is 5.20. The standard InChI is InChI=1S/C27H32BrFN4O4S/c1-2-26(34)33-11-9-19-16-23(28)25(17-24(19)33)38(36,37)32-10-3-4-20(18-32)27(35)31-14-12-30(13-15-31)22-7-5-21(29)6-8-22/h5-8,16-17,20H,2-4,9-15,18H2,1H3/t20-/m1/s1. The van der Waals surface area contributed by atoms with Gasteiger partial charge in [-0.2, -0.15) is 4.31 Å². The van der Waals surface area contributed by atoms with Crippen LogP contribution in [0.4, 0.5) is 15.8 Å². The number of carbonyl (C=O) groups is 2. The number of anilines is 2. The van der Waals surface area contributed by atoms with Crippen molar-refractivity contribution in [3.63, 3.8) is 0 Å². The number of sulfonamides is 1. The minimum atomic E-state index is -3.88. The van der Waals surface area contributed by atoms with Crippen molar-refractivity contribution in [3.8, 4) is 0 Å². The smallest absolute Gasteiger partial charge is 0.244 e. The lowest BCUT2D eigenvalue weighted by Gasteiger charge is -2.39. The van der Waals surface area contributed by atoms with E-state index >= 15 is 0 Å². The molecule has 2 amide bonds. The molecular formula is C27H32BrFN4O4S. The lowest BCUT2D eigenvalue weighted by Crippen LogP contribution is -2.53. The molecule has 1 atom stereocenters. The molecule has 0 radical (unpaired) electrons. The number of piperidine rings is 1. The van der Waals surface area contributed by atoms with Crippen LogP contribution in [0.25, 0.3) is 0 Å². The van der Waals surface area contributed by atoms with Crippen LogP contribution in [0, 0.1) is 11.7 Å². The minimum Gasteiger partial charge on any atom is -0.368 e. The fraction of sp³-hybridized carbons (Fsp3) is 0.481. The zero-order chi connectivity index (χ0) is 27.0. The Kier molecular flexibility index (Phi) is 7.79. The Balaban J connectivity index is 1.28. The van der Waals surface area contributed by atoms with Crippen LogP contribution in [0.1, 0.15) is 31.7 Å². The molecular weight excluding hydrogens is 575 g/mol. The van der Waals surface area contributed by atoms with Crippen molar-refractivity contribution in [1.29, 1.82) is 0 Å². The highest BCUT2D eigenvalue weighted by molar-refractivity contribution is 9.10. The molecule has 5 rings (SSSR count). The molecule has 0 unspecified atom stereocenters. The molecule has 0 aliphatic carbocycles. The first-order valence-corrected chi connectivity index (χ1v) is 15.3. The first kappa shape index (κ1) is 27.1. The fourth-order valence-corrected chi connectivity index (χ4v) is 8.23. The number of nitrogens with zero attached hydrogens (tertiary/aromatic N) is 4. The highest BCUT2D eigenvalue weighted by atomic mass is 79.9. The second kappa shape index (κ2) is 10.9. The van der Waals surface area contributed by atoms with Crippen molar-refractivity contribution in [3.05, 3.63) is 52.3 Å². The van der Waals surface area contributed by atoms with Crippen molar-refractivity contribution in [2.24, 2.45) is 5.92 Å². The van der Waals surface area contributed by atoms with Crippen molar-refractivity contribution in [2.75, 3.05) is 55.6 Å². The summed E-state index contributed by atoms with van der Waals surface area (Å²) < 4.78 is 42.7. The van der Waals surface area contributed by atoms with Crippen LogP contribution in [0.2, 0.25) is 0 Å². The lowest BCUT2D eigenvalue weighted by atomic mass is 9.97. The predicted molar refractivity (Wildman–Crippen MR) is 147 cm³/mol. The third-order valence-corrected chi connectivity index (χ3v) is 10.6. The van der Waals surface area contributed by atoms with Gasteiger partial charge in [0.25, 0.3) is 0 Å². The van der Waals surface area contributed by atoms with Gasteiger partial charge in [0.15, 0.2) is 0 Å². The SMILES string of the molecule is CCC(=O)N1CCc2cc(Br)c(S(=O)(=O)N3CCC[C@@H](C(=O)N4CCN(c5ccc(F)cc5)CC4)C3)cc21. The Hall–Kier alpha value is -2.50. The Morgan fingerprint density at radius 2 is 1.74 bits per heavy atom. The second-order valence-electron chi connectivity index (χ2n) is 10.1. The summed E-state index contributed by atoms with van der Waals surface area (Å²) in [6.07, 6.45) is 2.29. The maximum absolute atomic E-state index is 13.8. The maximum Gasteiger partial charge on any atom is 0.244 e. The van der Waals surface area contributed by atoms with Gasteiger partial charge in [0.05, 0.1) is 10.8 Å². The average Bonchev–Trinajstić information content (AvgIpc) is 3.35. The summed E-state index contributed by atoms with van der Waals surface area (Å²) in [7, 11) is -3.88. The summed E-state index contributed by atoms with van der Waals surface area (Å²) in [5, 5.41) is 0. The topological polar surface area (TPSA) is 81.2 Å². The lowest BCUT2D eigenvalue weighted by molar-refractivity contribution is -0.137. The molecule has 0 saturated carbocycles. The van der Waals surface area contributed by atoms with Gasteiger partial charge in [-0.15, -0.1) is 0 Å². The minimum absolute atomic E-state index is 0.0172. The third-order valence-electron chi connectivity index (χ3n) is 7.77. The van der Waals surface area contributed by atoms with E-state index in [4.69, 9.17) is 0 Å². The Labute approximate surface area is 231 Å². The number of halogens is 2. The molecule has 0 aromatic heterocycles. The zero-order valence-electron chi connectivity index (χ0n) is 21.4. The Morgan fingerprint density at radius 3 is 2.42 bits per heavy atom. The summed E-state index contributed by atoms with van der Waals surface area (Å²) >= 11 is 3.45. The van der Waals surface area contributed by atoms with Crippen LogP contribution < -0.4 is 9.80 Å². The van der Waals surface area contributed by atoms with Gasteiger partial charge in [0.2, 0.25) is 21.8 Å². The number of fused-ring (bicyclic) bond motifs is 1. The van der Waals surface area contributed by atoms with Crippen LogP contribution in [-0.4, -0.2) is 75.3 Å². The van der Waals surface area contributed by atoms with Crippen LogP contribution in [0.5, 0.6) is 0 Å². The van der Waals surface area contributed by atoms with Crippen LogP contribution in [0.3, 0.4) is 0 Å². The van der Waals surface area contributed by atoms with Gasteiger partial charge >= 0.3 is 0 Å². The summed E-state index contributed by atoms with van der Waals surface area (Å²) in [5.74, 6) is -0.728. The van der Waals surface area contributed by atoms with E-state index in [-0.39, 0.29) is 29.1 Å². The summed E-state index contributed by atoms with van der Waals surface area (Å²) in [6, 6.07) is 9.76. The van der Waals surface area contributed by atoms with Gasteiger partial charge in [0, 0.05) is 68.1 Å². The van der Waals surface area contributed by atoms with Gasteiger partial charge < -0.3 is 14.7 Å². The molecule has 38 heavy (non-hydrogen) atoms. The number of hydrogen-bond donors (Lipinski definition) is 0. The maximum atomic E-state index is 13.8. The number of piperazine rings is 1. The predicted octanol–water partition coefficient (Wildman–Crippen LogP) is 3.64. The number of carbonyl (C=O) groups excluding carboxylic acids is 2. The van der Waals surface area contributed by atoms with E-state index in [0.29, 0.717) is 75.1 Å². The van der Waals surface area contributed by atoms with E-state index in [1.54, 1.807) is 36.1 Å². The van der Waals surface area contributed by atoms with E-state index in [1.807, 2.05) is 4.90 Å². The number of rotatable bonds is 5. The van der Waals surface area contributed by atoms with Gasteiger partial charge in [-0.25, -0.2) is 12.8 Å². The van der Waals surface area contributed by atoms with Crippen molar-refractivity contribution < 1.29 is 22.4 Å². The first-order valence-electron chi connectivity index (χ1n) is 13.1. The van der Waals surface area contributed by atoms with E-state index in [0.717, 1.165) is 11.3 Å². The summed E-state index contributed by atoms with van der Waals surface area (Å²) in [4.78, 5) is 31.5. The highest BCUT2D eigenvalue weighted by Crippen LogP contribution is 2.37. The largest absolute Gasteiger partial charge is 0.368 e. The molecule has 3 aliphatic rings. The molecule has 204 valence electrons. The summed E-state index contributed by atoms with van der Waals surface area (Å²) in [6.45, 7) is 5.19. The quantitative estimate of drug-likeness (QED) is 0.519. The van der Waals surface area contributed by atoms with Crippen molar-refractivity contribution in [2.45, 2.75) is 37.5 Å². The van der Waals surface area contributed by atoms with Crippen LogP contribution in [0.15, 0.2) is 45.8 Å². The molecule has 3 aliphatic heterocycles. The molecule has 0 N–H and O–H groups in total. The molecule has 0 bridgehead atoms. The number of benzene rings is 2. The normalized spacial score (nSPS) is 20.5. The molecule has 0 spiro atoms. The molecule has 8 nitrogen and oxygen atoms in total. The highest BCUT2D eigenvalue weighted by Gasteiger charge is 2.37. The average molecular weight is 608 g/mol. The van der Waals surface area contributed by atoms with Gasteiger partial charge in [-0.3, -0.25) is 9.59 Å². The van der Waals surface area contributed by atoms with Gasteiger partial charge in [0.1, 0.15) is 5.82 Å². The van der Waals surface area contributed by atoms with Crippen molar-refractivity contribution >= 4 is 49.1 Å². The molecule has 2 fully saturated rings. The van der Waals surface area contributed by atoms with E-state index in [9.17, 15) is 22.4 Å². The van der Waals surface area contributed by atoms with E-state index in [1.165, 1.54) is 16.4 Å². The monoisotopic (exact) mass is 606 g/mol. The fourth-order valence-electron chi connectivity index (χ4n) is 5.63. The van der Waals surface area contributed by atoms with E-state index in [2.05, 4.69) is 20.8 Å². The van der Waals surface area contributed by atoms with E-state index < -0.39 is 15.9 Å². The summed E-state index contributed by atoms with van der Waals surface area (Å²) in [5.41, 5.74) is 2.53. The van der Waals surface area contributed by atoms with Gasteiger partial charge in [-0.1, -0.05) is 6.92 Å². The van der Waals surface area contributed by atoms with Crippen molar-refractivity contribution in [1.82, 2.24) is 9.21 Å². The van der Waals surface area contributed by atoms with Crippen LogP contribution in [-0.2, 0) is 26.0 Å². The molecule has 11 heteroatoms. The Morgan fingerprint density at radius 1 is 1.03 bits per heavy atom. The first-order chi connectivity index (χ1) is 18.2. The number of hydrogen-bond acceptors (Lipinski definition) is 5. The second-order valence-corrected chi connectivity index (χ2v) is 12.8. The molecule has 2 aromatic rings. The van der Waals surface area contributed by atoms with Crippen LogP contribution >= 0.6 is 15.9 Å². The molecule has 2 aromatic carbocycles.